The van der Waals surface area contributed by atoms with Crippen molar-refractivity contribution in [2.75, 3.05) is 24.6 Å². The maximum Gasteiger partial charge on any atom is 0.226 e. The third kappa shape index (κ3) is 3.53. The van der Waals surface area contributed by atoms with Gasteiger partial charge >= 0.3 is 0 Å². The number of nitrogens with zero attached hydrogens (tertiary/aromatic N) is 1. The summed E-state index contributed by atoms with van der Waals surface area (Å²) in [4.78, 5) is 15.0. The maximum atomic E-state index is 13.1. The molecular weight excluding hydrogens is 358 g/mol. The van der Waals surface area contributed by atoms with Crippen molar-refractivity contribution in [1.82, 2.24) is 4.90 Å². The highest BCUT2D eigenvalue weighted by atomic mass is 32.2. The van der Waals surface area contributed by atoms with Gasteiger partial charge in [-0.1, -0.05) is 60.7 Å². The van der Waals surface area contributed by atoms with Crippen LogP contribution in [0.5, 0.6) is 0 Å². The predicted octanol–water partition coefficient (Wildman–Crippen LogP) is 3.03. The van der Waals surface area contributed by atoms with E-state index in [-0.39, 0.29) is 28.7 Å². The van der Waals surface area contributed by atoms with E-state index >= 15 is 0 Å². The minimum absolute atomic E-state index is 0.00596. The lowest BCUT2D eigenvalue weighted by Crippen LogP contribution is -2.50. The van der Waals surface area contributed by atoms with Crippen LogP contribution < -0.4 is 0 Å². The Hall–Kier alpha value is -2.14. The van der Waals surface area contributed by atoms with E-state index in [2.05, 4.69) is 24.3 Å². The molecule has 4 rings (SSSR count). The Bertz CT molecular complexity index is 870. The standard InChI is InChI=1S/C22H25NO3S/c24-21(18-12-15-27(25,26)16-18)23-14-7-13-22(17-23,19-8-3-1-4-9-19)20-10-5-2-6-11-20/h1-6,8-11,18H,7,12-17H2/t18-/m0/s1. The van der Waals surface area contributed by atoms with Crippen LogP contribution in [0.15, 0.2) is 60.7 Å². The lowest BCUT2D eigenvalue weighted by Gasteiger charge is -2.44. The van der Waals surface area contributed by atoms with E-state index in [1.165, 1.54) is 11.1 Å². The lowest BCUT2D eigenvalue weighted by atomic mass is 9.69. The van der Waals surface area contributed by atoms with Gasteiger partial charge in [0.05, 0.1) is 17.4 Å². The van der Waals surface area contributed by atoms with Gasteiger partial charge in [0.2, 0.25) is 5.91 Å². The summed E-state index contributed by atoms with van der Waals surface area (Å²) in [5, 5.41) is 0. The molecule has 1 atom stereocenters. The zero-order valence-electron chi connectivity index (χ0n) is 15.4. The van der Waals surface area contributed by atoms with Crippen LogP contribution in [0.4, 0.5) is 0 Å². The van der Waals surface area contributed by atoms with Gasteiger partial charge in [-0.2, -0.15) is 0 Å². The maximum absolute atomic E-state index is 13.1. The van der Waals surface area contributed by atoms with E-state index < -0.39 is 9.84 Å². The average molecular weight is 384 g/mol. The third-order valence-corrected chi connectivity index (χ3v) is 7.81. The van der Waals surface area contributed by atoms with E-state index in [1.54, 1.807) is 0 Å². The average Bonchev–Trinajstić information content (AvgIpc) is 3.08. The summed E-state index contributed by atoms with van der Waals surface area (Å²) in [7, 11) is -3.06. The molecule has 2 heterocycles. The van der Waals surface area contributed by atoms with Crippen LogP contribution in [0.2, 0.25) is 0 Å². The molecule has 2 saturated heterocycles. The van der Waals surface area contributed by atoms with Crippen LogP contribution in [0.3, 0.4) is 0 Å². The van der Waals surface area contributed by atoms with Crippen LogP contribution in [-0.4, -0.2) is 43.8 Å². The van der Waals surface area contributed by atoms with Crippen molar-refractivity contribution in [3.8, 4) is 0 Å². The largest absolute Gasteiger partial charge is 0.341 e. The highest BCUT2D eigenvalue weighted by Gasteiger charge is 2.43. The van der Waals surface area contributed by atoms with E-state index in [0.717, 1.165) is 12.8 Å². The SMILES string of the molecule is O=C([C@H]1CCS(=O)(=O)C1)N1CCCC(c2ccccc2)(c2ccccc2)C1. The van der Waals surface area contributed by atoms with E-state index in [0.29, 0.717) is 19.5 Å². The molecular formula is C22H25NO3S. The molecule has 1 amide bonds. The normalized spacial score (nSPS) is 23.9. The molecule has 4 nitrogen and oxygen atoms in total. The van der Waals surface area contributed by atoms with E-state index in [9.17, 15) is 13.2 Å². The zero-order chi connectivity index (χ0) is 18.9. The Labute approximate surface area is 161 Å². The van der Waals surface area contributed by atoms with Crippen molar-refractivity contribution < 1.29 is 13.2 Å². The van der Waals surface area contributed by atoms with Gasteiger partial charge in [-0.15, -0.1) is 0 Å². The van der Waals surface area contributed by atoms with Crippen molar-refractivity contribution in [3.63, 3.8) is 0 Å². The summed E-state index contributed by atoms with van der Waals surface area (Å²) in [5.41, 5.74) is 2.19. The molecule has 0 bridgehead atoms. The number of rotatable bonds is 3. The Morgan fingerprint density at radius 3 is 2.07 bits per heavy atom. The summed E-state index contributed by atoms with van der Waals surface area (Å²) >= 11 is 0. The first-order valence-electron chi connectivity index (χ1n) is 9.60. The first-order valence-corrected chi connectivity index (χ1v) is 11.4. The Morgan fingerprint density at radius 2 is 1.56 bits per heavy atom. The lowest BCUT2D eigenvalue weighted by molar-refractivity contribution is -0.136. The molecule has 5 heteroatoms. The first-order chi connectivity index (χ1) is 13.0. The number of sulfone groups is 1. The topological polar surface area (TPSA) is 54.5 Å². The zero-order valence-corrected chi connectivity index (χ0v) is 16.2. The number of carbonyl (C=O) groups excluding carboxylic acids is 1. The van der Waals surface area contributed by atoms with Crippen LogP contribution >= 0.6 is 0 Å². The molecule has 2 aliphatic rings. The van der Waals surface area contributed by atoms with Crippen molar-refractivity contribution >= 4 is 15.7 Å². The molecule has 2 aliphatic heterocycles. The molecule has 0 saturated carbocycles. The molecule has 2 fully saturated rings. The predicted molar refractivity (Wildman–Crippen MR) is 106 cm³/mol. The summed E-state index contributed by atoms with van der Waals surface area (Å²) in [6.45, 7) is 1.31. The summed E-state index contributed by atoms with van der Waals surface area (Å²) < 4.78 is 23.7. The molecule has 2 aromatic carbocycles. The molecule has 0 spiro atoms. The fourth-order valence-corrected chi connectivity index (χ4v) is 6.38. The third-order valence-electron chi connectivity index (χ3n) is 6.04. The van der Waals surface area contributed by atoms with Gasteiger partial charge in [0.25, 0.3) is 0 Å². The minimum atomic E-state index is -3.06. The van der Waals surface area contributed by atoms with Crippen LogP contribution in [0.1, 0.15) is 30.4 Å². The number of carbonyl (C=O) groups is 1. The summed E-state index contributed by atoms with van der Waals surface area (Å²) in [6, 6.07) is 20.8. The highest BCUT2D eigenvalue weighted by Crippen LogP contribution is 2.41. The fraction of sp³-hybridized carbons (Fsp3) is 0.409. The number of amides is 1. The molecule has 27 heavy (non-hydrogen) atoms. The van der Waals surface area contributed by atoms with Crippen LogP contribution in [0.25, 0.3) is 0 Å². The second-order valence-corrected chi connectivity index (χ2v) is 10.0. The fourth-order valence-electron chi connectivity index (χ4n) is 4.64. The van der Waals surface area contributed by atoms with Crippen molar-refractivity contribution in [1.29, 1.82) is 0 Å². The van der Waals surface area contributed by atoms with Crippen molar-refractivity contribution in [2.45, 2.75) is 24.7 Å². The highest BCUT2D eigenvalue weighted by molar-refractivity contribution is 7.91. The molecule has 142 valence electrons. The Balaban J connectivity index is 1.68. The van der Waals surface area contributed by atoms with Gasteiger partial charge in [-0.05, 0) is 30.4 Å². The smallest absolute Gasteiger partial charge is 0.226 e. The van der Waals surface area contributed by atoms with Gasteiger partial charge in [-0.25, -0.2) is 8.42 Å². The van der Waals surface area contributed by atoms with E-state index in [1.807, 2.05) is 41.3 Å². The quantitative estimate of drug-likeness (QED) is 0.819. The number of hydrogen-bond acceptors (Lipinski definition) is 3. The molecule has 0 aromatic heterocycles. The number of piperidine rings is 1. The van der Waals surface area contributed by atoms with Gasteiger partial charge in [0.1, 0.15) is 0 Å². The van der Waals surface area contributed by atoms with Crippen LogP contribution in [-0.2, 0) is 20.0 Å². The second-order valence-electron chi connectivity index (χ2n) is 7.78. The van der Waals surface area contributed by atoms with Crippen molar-refractivity contribution in [2.24, 2.45) is 5.92 Å². The molecule has 0 radical (unpaired) electrons. The van der Waals surface area contributed by atoms with Crippen LogP contribution in [0, 0.1) is 5.92 Å². The molecule has 0 aliphatic carbocycles. The minimum Gasteiger partial charge on any atom is -0.341 e. The van der Waals surface area contributed by atoms with E-state index in [4.69, 9.17) is 0 Å². The van der Waals surface area contributed by atoms with Gasteiger partial charge in [0, 0.05) is 18.5 Å². The Kier molecular flexibility index (Phi) is 4.81. The van der Waals surface area contributed by atoms with Crippen molar-refractivity contribution in [3.05, 3.63) is 71.8 Å². The van der Waals surface area contributed by atoms with Gasteiger partial charge < -0.3 is 4.90 Å². The molecule has 2 aromatic rings. The summed E-state index contributed by atoms with van der Waals surface area (Å²) in [5.74, 6) is -0.226. The Morgan fingerprint density at radius 1 is 0.963 bits per heavy atom. The second kappa shape index (κ2) is 7.12. The van der Waals surface area contributed by atoms with Gasteiger partial charge in [-0.3, -0.25) is 4.79 Å². The first kappa shape index (κ1) is 18.2. The summed E-state index contributed by atoms with van der Waals surface area (Å²) in [6.07, 6.45) is 2.35. The molecule has 0 unspecified atom stereocenters. The molecule has 0 N–H and O–H groups in total. The van der Waals surface area contributed by atoms with Gasteiger partial charge in [0.15, 0.2) is 9.84 Å². The number of hydrogen-bond donors (Lipinski definition) is 0. The number of likely N-dealkylation sites (tertiary alicyclic amines) is 1. The monoisotopic (exact) mass is 383 g/mol. The number of benzene rings is 2.